The Morgan fingerprint density at radius 1 is 1.10 bits per heavy atom. The maximum atomic E-state index is 13.8. The summed E-state index contributed by atoms with van der Waals surface area (Å²) in [6, 6.07) is 5.59. The van der Waals surface area contributed by atoms with Crippen molar-refractivity contribution in [1.29, 1.82) is 0 Å². The summed E-state index contributed by atoms with van der Waals surface area (Å²) in [6.45, 7) is 0. The Labute approximate surface area is 123 Å². The second kappa shape index (κ2) is 5.66. The summed E-state index contributed by atoms with van der Waals surface area (Å²) in [6.07, 6.45) is -0.00181. The number of nitrogens with two attached hydrogens (primary N) is 2. The van der Waals surface area contributed by atoms with Crippen molar-refractivity contribution >= 4 is 27.3 Å². The highest BCUT2D eigenvalue weighted by Crippen LogP contribution is 2.30. The third-order valence-corrected chi connectivity index (χ3v) is 3.44. The molecule has 2 rings (SSSR count). The predicted molar refractivity (Wildman–Crippen MR) is 78.7 cm³/mol. The summed E-state index contributed by atoms with van der Waals surface area (Å²) < 4.78 is 33.1. The van der Waals surface area contributed by atoms with E-state index in [1.807, 2.05) is 0 Å². The average Bonchev–Trinajstić information content (AvgIpc) is 2.38. The number of halogens is 3. The van der Waals surface area contributed by atoms with Crippen molar-refractivity contribution in [1.82, 2.24) is 0 Å². The highest BCUT2D eigenvalue weighted by molar-refractivity contribution is 9.10. The number of rotatable bonds is 3. The molecule has 6 heteroatoms. The molecule has 3 nitrogen and oxygen atoms in total. The molecule has 0 aliphatic rings. The lowest BCUT2D eigenvalue weighted by molar-refractivity contribution is 0.414. The summed E-state index contributed by atoms with van der Waals surface area (Å²) in [7, 11) is 1.48. The number of anilines is 2. The molecular weight excluding hydrogens is 330 g/mol. The molecule has 0 aliphatic carbocycles. The Morgan fingerprint density at radius 2 is 1.70 bits per heavy atom. The van der Waals surface area contributed by atoms with Crippen molar-refractivity contribution in [3.63, 3.8) is 0 Å². The standard InChI is InChI=1S/C14H13BrF2N2O/c1-20-9-2-7(14(19)13(18)6-9)3-10-11(16)4-8(15)5-12(10)17/h2,4-6H,3,18-19H2,1H3. The Bertz CT molecular complexity index is 639. The molecule has 20 heavy (non-hydrogen) atoms. The monoisotopic (exact) mass is 342 g/mol. The SMILES string of the molecule is COc1cc(N)c(N)c(Cc2c(F)cc(Br)cc2F)c1. The van der Waals surface area contributed by atoms with Crippen LogP contribution in [0.25, 0.3) is 0 Å². The van der Waals surface area contributed by atoms with Crippen molar-refractivity contribution in [3.05, 3.63) is 51.5 Å². The predicted octanol–water partition coefficient (Wildman–Crippen LogP) is 3.49. The Hall–Kier alpha value is -1.82. The van der Waals surface area contributed by atoms with Crippen molar-refractivity contribution in [2.75, 3.05) is 18.6 Å². The van der Waals surface area contributed by atoms with Gasteiger partial charge in [0.1, 0.15) is 17.4 Å². The highest BCUT2D eigenvalue weighted by atomic mass is 79.9. The molecule has 0 spiro atoms. The number of hydrogen-bond donors (Lipinski definition) is 2. The van der Waals surface area contributed by atoms with Gasteiger partial charge in [-0.3, -0.25) is 0 Å². The van der Waals surface area contributed by atoms with E-state index in [0.717, 1.165) is 0 Å². The van der Waals surface area contributed by atoms with Gasteiger partial charge < -0.3 is 16.2 Å². The number of ether oxygens (including phenoxy) is 1. The molecule has 2 aromatic carbocycles. The zero-order valence-electron chi connectivity index (χ0n) is 10.7. The van der Waals surface area contributed by atoms with Gasteiger partial charge in [-0.15, -0.1) is 0 Å². The van der Waals surface area contributed by atoms with Crippen LogP contribution >= 0.6 is 15.9 Å². The van der Waals surface area contributed by atoms with Crippen LogP contribution in [0.15, 0.2) is 28.7 Å². The van der Waals surface area contributed by atoms with Gasteiger partial charge in [-0.05, 0) is 23.8 Å². The van der Waals surface area contributed by atoms with Crippen LogP contribution in [0.5, 0.6) is 5.75 Å². The van der Waals surface area contributed by atoms with Gasteiger partial charge in [0, 0.05) is 22.5 Å². The second-order valence-electron chi connectivity index (χ2n) is 4.31. The number of methoxy groups -OCH3 is 1. The summed E-state index contributed by atoms with van der Waals surface area (Å²) >= 11 is 3.04. The minimum absolute atomic E-state index is 0.00181. The average molecular weight is 343 g/mol. The van der Waals surface area contributed by atoms with E-state index in [0.29, 0.717) is 27.2 Å². The smallest absolute Gasteiger partial charge is 0.130 e. The van der Waals surface area contributed by atoms with Crippen molar-refractivity contribution in [2.45, 2.75) is 6.42 Å². The van der Waals surface area contributed by atoms with E-state index in [1.165, 1.54) is 19.2 Å². The fraction of sp³-hybridized carbons (Fsp3) is 0.143. The molecule has 0 amide bonds. The lowest BCUT2D eigenvalue weighted by Gasteiger charge is -2.12. The number of hydrogen-bond acceptors (Lipinski definition) is 3. The van der Waals surface area contributed by atoms with E-state index < -0.39 is 11.6 Å². The molecule has 0 radical (unpaired) electrons. The normalized spacial score (nSPS) is 10.6. The molecule has 0 saturated carbocycles. The van der Waals surface area contributed by atoms with E-state index >= 15 is 0 Å². The van der Waals surface area contributed by atoms with E-state index in [2.05, 4.69) is 15.9 Å². The summed E-state index contributed by atoms with van der Waals surface area (Å²) in [5.41, 5.74) is 12.7. The zero-order valence-corrected chi connectivity index (χ0v) is 12.3. The van der Waals surface area contributed by atoms with Crippen LogP contribution in [0, 0.1) is 11.6 Å². The largest absolute Gasteiger partial charge is 0.497 e. The molecular formula is C14H13BrF2N2O. The first-order valence-corrected chi connectivity index (χ1v) is 6.57. The van der Waals surface area contributed by atoms with E-state index in [1.54, 1.807) is 12.1 Å². The summed E-state index contributed by atoms with van der Waals surface area (Å²) in [5.74, 6) is -0.792. The molecule has 0 unspecified atom stereocenters. The lowest BCUT2D eigenvalue weighted by atomic mass is 10.0. The molecule has 106 valence electrons. The van der Waals surface area contributed by atoms with E-state index in [4.69, 9.17) is 16.2 Å². The Morgan fingerprint density at radius 3 is 2.25 bits per heavy atom. The van der Waals surface area contributed by atoms with Crippen LogP contribution in [-0.2, 0) is 6.42 Å². The van der Waals surface area contributed by atoms with Gasteiger partial charge in [0.05, 0.1) is 18.5 Å². The fourth-order valence-electron chi connectivity index (χ4n) is 1.90. The summed E-state index contributed by atoms with van der Waals surface area (Å²) in [4.78, 5) is 0. The maximum Gasteiger partial charge on any atom is 0.130 e. The van der Waals surface area contributed by atoms with Gasteiger partial charge in [-0.25, -0.2) is 8.78 Å². The van der Waals surface area contributed by atoms with Gasteiger partial charge in [0.15, 0.2) is 0 Å². The minimum atomic E-state index is -0.641. The highest BCUT2D eigenvalue weighted by Gasteiger charge is 2.14. The van der Waals surface area contributed by atoms with Crippen molar-refractivity contribution < 1.29 is 13.5 Å². The molecule has 0 aliphatic heterocycles. The first-order valence-electron chi connectivity index (χ1n) is 5.77. The zero-order chi connectivity index (χ0) is 14.9. The third kappa shape index (κ3) is 2.85. The third-order valence-electron chi connectivity index (χ3n) is 2.98. The van der Waals surface area contributed by atoms with E-state index in [9.17, 15) is 8.78 Å². The van der Waals surface area contributed by atoms with Crippen LogP contribution in [-0.4, -0.2) is 7.11 Å². The molecule has 0 aromatic heterocycles. The fourth-order valence-corrected chi connectivity index (χ4v) is 2.31. The van der Waals surface area contributed by atoms with Crippen LogP contribution in [0.2, 0.25) is 0 Å². The van der Waals surface area contributed by atoms with Crippen LogP contribution in [0.3, 0.4) is 0 Å². The first kappa shape index (κ1) is 14.6. The lowest BCUT2D eigenvalue weighted by Crippen LogP contribution is -2.04. The topological polar surface area (TPSA) is 61.3 Å². The molecule has 4 N–H and O–H groups in total. The van der Waals surface area contributed by atoms with Crippen LogP contribution < -0.4 is 16.2 Å². The van der Waals surface area contributed by atoms with Crippen molar-refractivity contribution in [3.8, 4) is 5.75 Å². The Balaban J connectivity index is 2.47. The second-order valence-corrected chi connectivity index (χ2v) is 5.23. The molecule has 0 atom stereocenters. The van der Waals surface area contributed by atoms with Crippen LogP contribution in [0.1, 0.15) is 11.1 Å². The van der Waals surface area contributed by atoms with Gasteiger partial charge >= 0.3 is 0 Å². The number of nitrogen functional groups attached to an aromatic ring is 2. The van der Waals surface area contributed by atoms with Gasteiger partial charge in [0.2, 0.25) is 0 Å². The molecule has 0 saturated heterocycles. The maximum absolute atomic E-state index is 13.8. The van der Waals surface area contributed by atoms with Gasteiger partial charge in [-0.1, -0.05) is 15.9 Å². The van der Waals surface area contributed by atoms with Crippen LogP contribution in [0.4, 0.5) is 20.2 Å². The Kier molecular flexibility index (Phi) is 4.13. The number of benzene rings is 2. The quantitative estimate of drug-likeness (QED) is 0.839. The molecule has 0 fully saturated rings. The van der Waals surface area contributed by atoms with E-state index in [-0.39, 0.29) is 12.0 Å². The molecule has 0 heterocycles. The minimum Gasteiger partial charge on any atom is -0.497 e. The molecule has 0 bridgehead atoms. The summed E-state index contributed by atoms with van der Waals surface area (Å²) in [5, 5.41) is 0. The van der Waals surface area contributed by atoms with Gasteiger partial charge in [-0.2, -0.15) is 0 Å². The molecule has 2 aromatic rings. The first-order chi connectivity index (χ1) is 9.42. The van der Waals surface area contributed by atoms with Gasteiger partial charge in [0.25, 0.3) is 0 Å². The van der Waals surface area contributed by atoms with Crippen molar-refractivity contribution in [2.24, 2.45) is 0 Å².